The van der Waals surface area contributed by atoms with Gasteiger partial charge < -0.3 is 14.7 Å². The van der Waals surface area contributed by atoms with Crippen LogP contribution >= 0.6 is 11.3 Å². The van der Waals surface area contributed by atoms with Crippen LogP contribution in [0.3, 0.4) is 0 Å². The van der Waals surface area contributed by atoms with E-state index in [1.54, 1.807) is 4.90 Å². The van der Waals surface area contributed by atoms with E-state index in [4.69, 9.17) is 10.1 Å². The van der Waals surface area contributed by atoms with Crippen LogP contribution < -0.4 is 9.64 Å². The molecule has 0 spiro atoms. The summed E-state index contributed by atoms with van der Waals surface area (Å²) in [5.41, 5.74) is 2.25. The minimum Gasteiger partial charge on any atom is -0.510 e. The highest BCUT2D eigenvalue weighted by atomic mass is 32.1. The first-order valence-electron chi connectivity index (χ1n) is 9.04. The van der Waals surface area contributed by atoms with Crippen molar-refractivity contribution in [1.82, 2.24) is 4.98 Å². The molecule has 1 aromatic heterocycles. The van der Waals surface area contributed by atoms with Gasteiger partial charge in [0.15, 0.2) is 0 Å². The van der Waals surface area contributed by atoms with Gasteiger partial charge in [0.1, 0.15) is 22.4 Å². The molecule has 0 radical (unpaired) electrons. The zero-order valence-electron chi connectivity index (χ0n) is 15.1. The summed E-state index contributed by atoms with van der Waals surface area (Å²) in [6.45, 7) is 3.12. The molecule has 2 aromatic carbocycles. The zero-order valence-corrected chi connectivity index (χ0v) is 15.9. The number of ether oxygens (including phenoxy) is 1. The second-order valence-corrected chi connectivity index (χ2v) is 7.47. The first kappa shape index (κ1) is 17.5. The molecule has 0 fully saturated rings. The number of para-hydroxylation sites is 1. The van der Waals surface area contributed by atoms with E-state index in [0.29, 0.717) is 17.2 Å². The molecule has 0 saturated carbocycles. The van der Waals surface area contributed by atoms with Crippen LogP contribution in [0.1, 0.15) is 24.8 Å². The molecule has 1 aliphatic rings. The highest BCUT2D eigenvalue weighted by molar-refractivity contribution is 7.19. The van der Waals surface area contributed by atoms with Gasteiger partial charge in [-0.15, -0.1) is 11.3 Å². The molecule has 27 heavy (non-hydrogen) atoms. The number of thiazole rings is 1. The number of aromatic nitrogens is 1. The van der Waals surface area contributed by atoms with Crippen LogP contribution in [0.25, 0.3) is 15.8 Å². The SMILES string of the molecule is CCCCOc1ccc(N2CC(O)=C(c3nc4ccccc4s3)C2=N)cc1. The lowest BCUT2D eigenvalue weighted by Crippen LogP contribution is -2.25. The van der Waals surface area contributed by atoms with Crippen molar-refractivity contribution in [3.8, 4) is 5.75 Å². The second-order valence-electron chi connectivity index (χ2n) is 6.44. The summed E-state index contributed by atoms with van der Waals surface area (Å²) in [7, 11) is 0. The molecule has 0 saturated heterocycles. The highest BCUT2D eigenvalue weighted by Crippen LogP contribution is 2.35. The molecule has 5 nitrogen and oxygen atoms in total. The average molecular weight is 379 g/mol. The van der Waals surface area contributed by atoms with Crippen molar-refractivity contribution < 1.29 is 9.84 Å². The van der Waals surface area contributed by atoms with Crippen LogP contribution in [0.5, 0.6) is 5.75 Å². The molecule has 1 aliphatic heterocycles. The van der Waals surface area contributed by atoms with Gasteiger partial charge >= 0.3 is 0 Å². The Morgan fingerprint density at radius 2 is 1.96 bits per heavy atom. The Morgan fingerprint density at radius 3 is 2.70 bits per heavy atom. The van der Waals surface area contributed by atoms with Gasteiger partial charge in [0, 0.05) is 5.69 Å². The number of benzene rings is 2. The molecular weight excluding hydrogens is 358 g/mol. The first-order chi connectivity index (χ1) is 13.2. The number of anilines is 1. The first-order valence-corrected chi connectivity index (χ1v) is 9.86. The summed E-state index contributed by atoms with van der Waals surface area (Å²) in [4.78, 5) is 6.38. The van der Waals surface area contributed by atoms with Gasteiger partial charge in [0.2, 0.25) is 0 Å². The Labute approximate surface area is 162 Å². The number of nitrogens with zero attached hydrogens (tertiary/aromatic N) is 2. The lowest BCUT2D eigenvalue weighted by molar-refractivity contribution is 0.309. The number of nitrogens with one attached hydrogen (secondary N) is 1. The van der Waals surface area contributed by atoms with E-state index in [1.807, 2.05) is 48.5 Å². The predicted molar refractivity (Wildman–Crippen MR) is 111 cm³/mol. The van der Waals surface area contributed by atoms with E-state index >= 15 is 0 Å². The minimum absolute atomic E-state index is 0.183. The van der Waals surface area contributed by atoms with Gasteiger partial charge in [0.25, 0.3) is 0 Å². The van der Waals surface area contributed by atoms with Crippen LogP contribution in [0.2, 0.25) is 0 Å². The maximum Gasteiger partial charge on any atom is 0.139 e. The lowest BCUT2D eigenvalue weighted by atomic mass is 10.2. The smallest absolute Gasteiger partial charge is 0.139 e. The number of aliphatic hydroxyl groups is 1. The van der Waals surface area contributed by atoms with Gasteiger partial charge in [-0.05, 0) is 42.8 Å². The third-order valence-electron chi connectivity index (χ3n) is 4.53. The molecular formula is C21H21N3O2S. The van der Waals surface area contributed by atoms with Crippen molar-refractivity contribution in [3.05, 3.63) is 59.3 Å². The van der Waals surface area contributed by atoms with E-state index in [9.17, 15) is 5.11 Å². The molecule has 3 aromatic rings. The normalized spacial score (nSPS) is 14.4. The van der Waals surface area contributed by atoms with E-state index in [2.05, 4.69) is 11.9 Å². The third kappa shape index (κ3) is 3.40. The molecule has 0 unspecified atom stereocenters. The number of rotatable bonds is 6. The van der Waals surface area contributed by atoms with Crippen molar-refractivity contribution in [1.29, 1.82) is 5.41 Å². The van der Waals surface area contributed by atoms with E-state index in [1.165, 1.54) is 11.3 Å². The zero-order chi connectivity index (χ0) is 18.8. The van der Waals surface area contributed by atoms with Gasteiger partial charge in [-0.3, -0.25) is 5.41 Å². The average Bonchev–Trinajstić information content (AvgIpc) is 3.22. The third-order valence-corrected chi connectivity index (χ3v) is 5.58. The molecule has 138 valence electrons. The number of aliphatic hydroxyl groups excluding tert-OH is 1. The van der Waals surface area contributed by atoms with E-state index in [-0.39, 0.29) is 18.1 Å². The summed E-state index contributed by atoms with van der Waals surface area (Å²) in [6, 6.07) is 15.5. The van der Waals surface area contributed by atoms with Crippen molar-refractivity contribution in [2.45, 2.75) is 19.8 Å². The number of unbranched alkanes of at least 4 members (excludes halogenated alkanes) is 1. The Balaban J connectivity index is 1.54. The fourth-order valence-corrected chi connectivity index (χ4v) is 4.09. The standard InChI is InChI=1S/C21H21N3O2S/c1-2-3-12-26-15-10-8-14(9-11-15)24-13-17(25)19(20(24)22)21-23-16-6-4-5-7-18(16)27-21/h4-11,22,25H,2-3,12-13H2,1H3. The van der Waals surface area contributed by atoms with Crippen LogP contribution in [0.15, 0.2) is 54.3 Å². The summed E-state index contributed by atoms with van der Waals surface area (Å²) in [5.74, 6) is 1.27. The minimum atomic E-state index is 0.183. The molecule has 4 rings (SSSR count). The van der Waals surface area contributed by atoms with Crippen LogP contribution in [-0.4, -0.2) is 29.1 Å². The van der Waals surface area contributed by atoms with Crippen molar-refractivity contribution >= 4 is 38.6 Å². The summed E-state index contributed by atoms with van der Waals surface area (Å²) in [6.07, 6.45) is 2.13. The predicted octanol–water partition coefficient (Wildman–Crippen LogP) is 5.24. The Morgan fingerprint density at radius 1 is 1.19 bits per heavy atom. The highest BCUT2D eigenvalue weighted by Gasteiger charge is 2.31. The van der Waals surface area contributed by atoms with Crippen LogP contribution in [-0.2, 0) is 0 Å². The van der Waals surface area contributed by atoms with Crippen molar-refractivity contribution in [3.63, 3.8) is 0 Å². The monoisotopic (exact) mass is 379 g/mol. The topological polar surface area (TPSA) is 69.4 Å². The summed E-state index contributed by atoms with van der Waals surface area (Å²) >= 11 is 1.50. The van der Waals surface area contributed by atoms with Crippen molar-refractivity contribution in [2.75, 3.05) is 18.1 Å². The molecule has 2 N–H and O–H groups in total. The number of hydrogen-bond donors (Lipinski definition) is 2. The van der Waals surface area contributed by atoms with Crippen molar-refractivity contribution in [2.24, 2.45) is 0 Å². The van der Waals surface area contributed by atoms with Crippen LogP contribution in [0, 0.1) is 5.41 Å². The molecule has 0 atom stereocenters. The number of amidine groups is 1. The molecule has 0 amide bonds. The van der Waals surface area contributed by atoms with E-state index in [0.717, 1.165) is 34.5 Å². The molecule has 0 aliphatic carbocycles. The van der Waals surface area contributed by atoms with E-state index < -0.39 is 0 Å². The maximum atomic E-state index is 10.5. The molecule has 0 bridgehead atoms. The Hall–Kier alpha value is -2.86. The summed E-state index contributed by atoms with van der Waals surface area (Å²) in [5, 5.41) is 19.8. The number of fused-ring (bicyclic) bond motifs is 1. The van der Waals surface area contributed by atoms with Gasteiger partial charge in [0.05, 0.1) is 28.9 Å². The van der Waals surface area contributed by atoms with Gasteiger partial charge in [-0.2, -0.15) is 0 Å². The number of hydrogen-bond acceptors (Lipinski definition) is 5. The quantitative estimate of drug-likeness (QED) is 0.575. The van der Waals surface area contributed by atoms with Gasteiger partial charge in [-0.1, -0.05) is 25.5 Å². The Bertz CT molecular complexity index is 975. The van der Waals surface area contributed by atoms with Gasteiger partial charge in [-0.25, -0.2) is 4.98 Å². The fraction of sp³-hybridized carbons (Fsp3) is 0.238. The summed E-state index contributed by atoms with van der Waals surface area (Å²) < 4.78 is 6.74. The van der Waals surface area contributed by atoms with Crippen LogP contribution in [0.4, 0.5) is 5.69 Å². The Kier molecular flexibility index (Phi) is 4.81. The largest absolute Gasteiger partial charge is 0.510 e. The lowest BCUT2D eigenvalue weighted by Gasteiger charge is -2.19. The molecule has 6 heteroatoms. The molecule has 2 heterocycles. The fourth-order valence-electron chi connectivity index (χ4n) is 3.06. The maximum absolute atomic E-state index is 10.5. The second kappa shape index (κ2) is 7.40.